The monoisotopic (exact) mass is 276 g/mol. The van der Waals surface area contributed by atoms with Gasteiger partial charge in [-0.3, -0.25) is 10.1 Å². The molecule has 0 aliphatic rings. The maximum Gasteiger partial charge on any atom is 0.269 e. The molecule has 4 nitrogen and oxygen atoms in total. The quantitative estimate of drug-likeness (QED) is 0.477. The van der Waals surface area contributed by atoms with Gasteiger partial charge in [0.2, 0.25) is 0 Å². The molecule has 0 aliphatic carbocycles. The van der Waals surface area contributed by atoms with Crippen molar-refractivity contribution in [3.05, 3.63) is 87.5 Å². The van der Waals surface area contributed by atoms with Crippen LogP contribution < -0.4 is 0 Å². The molecule has 0 fully saturated rings. The molecule has 0 aliphatic heterocycles. The van der Waals surface area contributed by atoms with E-state index in [0.29, 0.717) is 5.56 Å². The number of benzene rings is 2. The Morgan fingerprint density at radius 3 is 2.29 bits per heavy atom. The smallest absolute Gasteiger partial charge is 0.258 e. The number of hydrogen-bond donors (Lipinski definition) is 0. The van der Waals surface area contributed by atoms with Crippen LogP contribution in [0.4, 0.5) is 5.69 Å². The molecule has 2 rings (SSSR count). The highest BCUT2D eigenvalue weighted by Crippen LogP contribution is 2.13. The first kappa shape index (κ1) is 14.2. The Bertz CT molecular complexity index is 738. The van der Waals surface area contributed by atoms with Gasteiger partial charge in [0.1, 0.15) is 0 Å². The molecular formula is C17H12N2O2. The first-order valence-corrected chi connectivity index (χ1v) is 6.28. The van der Waals surface area contributed by atoms with E-state index in [1.807, 2.05) is 36.4 Å². The van der Waals surface area contributed by atoms with Crippen LogP contribution in [0.15, 0.2) is 60.7 Å². The molecule has 2 aromatic rings. The van der Waals surface area contributed by atoms with Crippen LogP contribution in [0.25, 0.3) is 12.2 Å². The minimum Gasteiger partial charge on any atom is -0.258 e. The highest BCUT2D eigenvalue weighted by atomic mass is 16.6. The number of nitrogens with zero attached hydrogens (tertiary/aromatic N) is 2. The minimum atomic E-state index is -0.421. The normalized spacial score (nSPS) is 10.8. The largest absolute Gasteiger partial charge is 0.269 e. The van der Waals surface area contributed by atoms with E-state index in [1.165, 1.54) is 12.1 Å². The molecule has 0 saturated heterocycles. The Hall–Kier alpha value is -3.19. The molecule has 0 saturated carbocycles. The van der Waals surface area contributed by atoms with Crippen LogP contribution in [0.2, 0.25) is 0 Å². The van der Waals surface area contributed by atoms with Crippen LogP contribution in [-0.2, 0) is 0 Å². The summed E-state index contributed by atoms with van der Waals surface area (Å²) < 4.78 is 0. The fourth-order valence-corrected chi connectivity index (χ4v) is 1.75. The van der Waals surface area contributed by atoms with Crippen molar-refractivity contribution in [2.45, 2.75) is 0 Å². The first-order chi connectivity index (χ1) is 10.2. The van der Waals surface area contributed by atoms with E-state index in [0.717, 1.165) is 11.1 Å². The predicted octanol–water partition coefficient (Wildman–Crippen LogP) is 4.19. The Morgan fingerprint density at radius 2 is 1.67 bits per heavy atom. The lowest BCUT2D eigenvalue weighted by Crippen LogP contribution is -1.86. The van der Waals surface area contributed by atoms with Crippen LogP contribution in [-0.4, -0.2) is 4.92 Å². The highest BCUT2D eigenvalue weighted by molar-refractivity contribution is 5.58. The Balaban J connectivity index is 2.03. The van der Waals surface area contributed by atoms with Gasteiger partial charge in [0.05, 0.1) is 16.6 Å². The van der Waals surface area contributed by atoms with Gasteiger partial charge in [-0.25, -0.2) is 0 Å². The number of non-ortho nitro benzene ring substituents is 1. The fraction of sp³-hybridized carbons (Fsp3) is 0. The standard InChI is InChI=1S/C17H12N2O2/c18-13-16-7-3-6-15(12-16)5-2-1-4-14-8-10-17(11-9-14)19(20)21/h1-12H. The Morgan fingerprint density at radius 1 is 1.00 bits per heavy atom. The third-order valence-corrected chi connectivity index (χ3v) is 2.81. The van der Waals surface area contributed by atoms with Crippen molar-refractivity contribution < 1.29 is 4.92 Å². The number of hydrogen-bond acceptors (Lipinski definition) is 3. The molecule has 0 aromatic heterocycles. The van der Waals surface area contributed by atoms with Gasteiger partial charge in [0.15, 0.2) is 0 Å². The van der Waals surface area contributed by atoms with Crippen molar-refractivity contribution in [1.82, 2.24) is 0 Å². The fourth-order valence-electron chi connectivity index (χ4n) is 1.75. The SMILES string of the molecule is N#Cc1cccc(C=CC=Cc2ccc([N+](=O)[O-])cc2)c1. The Kier molecular flexibility index (Phi) is 4.62. The van der Waals surface area contributed by atoms with Crippen LogP contribution in [0.1, 0.15) is 16.7 Å². The number of rotatable bonds is 4. The van der Waals surface area contributed by atoms with E-state index < -0.39 is 4.92 Å². The summed E-state index contributed by atoms with van der Waals surface area (Å²) in [4.78, 5) is 10.1. The average molecular weight is 276 g/mol. The molecule has 0 bridgehead atoms. The molecule has 4 heteroatoms. The van der Waals surface area contributed by atoms with Crippen LogP contribution >= 0.6 is 0 Å². The average Bonchev–Trinajstić information content (AvgIpc) is 2.52. The second-order valence-electron chi connectivity index (χ2n) is 4.30. The Labute approximate surface area is 122 Å². The van der Waals surface area contributed by atoms with Gasteiger partial charge in [-0.15, -0.1) is 0 Å². The van der Waals surface area contributed by atoms with Crippen molar-refractivity contribution in [3.63, 3.8) is 0 Å². The molecule has 0 radical (unpaired) electrons. The van der Waals surface area contributed by atoms with Gasteiger partial charge in [-0.1, -0.05) is 36.4 Å². The summed E-state index contributed by atoms with van der Waals surface area (Å²) >= 11 is 0. The number of nitro benzene ring substituents is 1. The topological polar surface area (TPSA) is 66.9 Å². The summed E-state index contributed by atoms with van der Waals surface area (Å²) in [6, 6.07) is 15.7. The third-order valence-electron chi connectivity index (χ3n) is 2.81. The molecule has 21 heavy (non-hydrogen) atoms. The summed E-state index contributed by atoms with van der Waals surface area (Å²) in [5.41, 5.74) is 2.53. The van der Waals surface area contributed by atoms with Gasteiger partial charge in [0.25, 0.3) is 5.69 Å². The summed E-state index contributed by atoms with van der Waals surface area (Å²) in [6.07, 6.45) is 7.45. The van der Waals surface area contributed by atoms with Crippen molar-refractivity contribution in [1.29, 1.82) is 5.26 Å². The van der Waals surface area contributed by atoms with E-state index in [4.69, 9.17) is 5.26 Å². The second kappa shape index (κ2) is 6.83. The predicted molar refractivity (Wildman–Crippen MR) is 82.3 cm³/mol. The summed E-state index contributed by atoms with van der Waals surface area (Å²) in [5, 5.41) is 19.3. The molecule has 102 valence electrons. The van der Waals surface area contributed by atoms with E-state index in [1.54, 1.807) is 24.3 Å². The van der Waals surface area contributed by atoms with Crippen molar-refractivity contribution in [3.8, 4) is 6.07 Å². The molecule has 0 atom stereocenters. The lowest BCUT2D eigenvalue weighted by atomic mass is 10.1. The van der Waals surface area contributed by atoms with E-state index in [9.17, 15) is 10.1 Å². The first-order valence-electron chi connectivity index (χ1n) is 6.28. The van der Waals surface area contributed by atoms with E-state index >= 15 is 0 Å². The van der Waals surface area contributed by atoms with Gasteiger partial charge in [-0.2, -0.15) is 5.26 Å². The van der Waals surface area contributed by atoms with Gasteiger partial charge in [0, 0.05) is 12.1 Å². The zero-order valence-electron chi connectivity index (χ0n) is 11.1. The van der Waals surface area contributed by atoms with E-state index in [-0.39, 0.29) is 5.69 Å². The van der Waals surface area contributed by atoms with Gasteiger partial charge < -0.3 is 0 Å². The number of allylic oxidation sites excluding steroid dienone is 2. The number of nitriles is 1. The highest BCUT2D eigenvalue weighted by Gasteiger charge is 2.01. The zero-order valence-corrected chi connectivity index (χ0v) is 11.1. The zero-order chi connectivity index (χ0) is 15.1. The van der Waals surface area contributed by atoms with Crippen LogP contribution in [0.3, 0.4) is 0 Å². The van der Waals surface area contributed by atoms with Gasteiger partial charge >= 0.3 is 0 Å². The number of nitro groups is 1. The third kappa shape index (κ3) is 4.15. The molecule has 2 aromatic carbocycles. The summed E-state index contributed by atoms with van der Waals surface area (Å²) in [5.74, 6) is 0. The summed E-state index contributed by atoms with van der Waals surface area (Å²) in [6.45, 7) is 0. The summed E-state index contributed by atoms with van der Waals surface area (Å²) in [7, 11) is 0. The molecule has 0 spiro atoms. The lowest BCUT2D eigenvalue weighted by molar-refractivity contribution is -0.384. The molecule has 0 heterocycles. The van der Waals surface area contributed by atoms with Crippen molar-refractivity contribution in [2.24, 2.45) is 0 Å². The maximum atomic E-state index is 10.5. The molecular weight excluding hydrogens is 264 g/mol. The lowest BCUT2D eigenvalue weighted by Gasteiger charge is -1.93. The minimum absolute atomic E-state index is 0.0796. The molecule has 0 amide bonds. The molecule has 0 N–H and O–H groups in total. The molecule has 0 unspecified atom stereocenters. The van der Waals surface area contributed by atoms with Crippen LogP contribution in [0, 0.1) is 21.4 Å². The van der Waals surface area contributed by atoms with Crippen molar-refractivity contribution in [2.75, 3.05) is 0 Å². The van der Waals surface area contributed by atoms with Gasteiger partial charge in [-0.05, 0) is 35.4 Å². The van der Waals surface area contributed by atoms with Crippen molar-refractivity contribution >= 4 is 17.8 Å². The maximum absolute atomic E-state index is 10.5. The second-order valence-corrected chi connectivity index (χ2v) is 4.30. The van der Waals surface area contributed by atoms with E-state index in [2.05, 4.69) is 6.07 Å². The van der Waals surface area contributed by atoms with Crippen LogP contribution in [0.5, 0.6) is 0 Å².